The molecule has 2 N–H and O–H groups in total. The molecule has 0 fully saturated rings. The highest BCUT2D eigenvalue weighted by Crippen LogP contribution is 2.30. The minimum Gasteiger partial charge on any atom is -0.451 e. The molecule has 0 aliphatic heterocycles. The van der Waals surface area contributed by atoms with E-state index in [-0.39, 0.29) is 5.91 Å². The Kier molecular flexibility index (Phi) is 4.65. The number of nitrogens with zero attached hydrogens (tertiary/aromatic N) is 3. The number of thioether (sulfide) groups is 1. The van der Waals surface area contributed by atoms with Crippen molar-refractivity contribution < 1.29 is 9.21 Å². The van der Waals surface area contributed by atoms with Crippen molar-refractivity contribution in [2.75, 3.05) is 0 Å². The fraction of sp³-hybridized carbons (Fsp3) is 0.111. The van der Waals surface area contributed by atoms with E-state index in [0.29, 0.717) is 28.8 Å². The quantitative estimate of drug-likeness (QED) is 0.402. The van der Waals surface area contributed by atoms with E-state index < -0.39 is 0 Å². The molecule has 4 rings (SSSR count). The molecule has 0 spiro atoms. The Labute approximate surface area is 153 Å². The smallest absolute Gasteiger partial charge is 0.287 e. The van der Waals surface area contributed by atoms with Crippen molar-refractivity contribution in [2.24, 2.45) is 0 Å². The van der Waals surface area contributed by atoms with E-state index in [1.54, 1.807) is 24.7 Å². The number of furan rings is 1. The zero-order chi connectivity index (χ0) is 17.8. The number of H-pyrrole nitrogens is 1. The van der Waals surface area contributed by atoms with Gasteiger partial charge in [-0.05, 0) is 18.2 Å². The molecule has 0 bridgehead atoms. The lowest BCUT2D eigenvalue weighted by Crippen LogP contribution is -2.23. The summed E-state index contributed by atoms with van der Waals surface area (Å²) >= 11 is 1.46. The highest BCUT2D eigenvalue weighted by atomic mass is 32.2. The molecule has 0 atom stereocenters. The average molecular weight is 365 g/mol. The lowest BCUT2D eigenvalue weighted by Gasteiger charge is -2.04. The molecule has 0 saturated heterocycles. The van der Waals surface area contributed by atoms with Crippen LogP contribution in [-0.2, 0) is 12.3 Å². The minimum absolute atomic E-state index is 0.264. The first kappa shape index (κ1) is 16.3. The predicted octanol–water partition coefficient (Wildman–Crippen LogP) is 3.17. The summed E-state index contributed by atoms with van der Waals surface area (Å²) in [6, 6.07) is 11.2. The predicted molar refractivity (Wildman–Crippen MR) is 97.6 cm³/mol. The van der Waals surface area contributed by atoms with Crippen LogP contribution in [0.1, 0.15) is 21.8 Å². The number of hydrogen-bond donors (Lipinski definition) is 2. The molecule has 130 valence electrons. The fourth-order valence-corrected chi connectivity index (χ4v) is 3.39. The van der Waals surface area contributed by atoms with Crippen LogP contribution in [0.2, 0.25) is 0 Å². The molecule has 0 radical (unpaired) electrons. The van der Waals surface area contributed by atoms with Crippen molar-refractivity contribution in [1.29, 1.82) is 0 Å². The van der Waals surface area contributed by atoms with Crippen LogP contribution < -0.4 is 5.32 Å². The molecule has 0 saturated carbocycles. The second-order valence-electron chi connectivity index (χ2n) is 5.49. The van der Waals surface area contributed by atoms with Gasteiger partial charge in [0, 0.05) is 35.3 Å². The molecule has 8 heteroatoms. The Hall–Kier alpha value is -3.13. The van der Waals surface area contributed by atoms with Crippen LogP contribution in [0.3, 0.4) is 0 Å². The summed E-state index contributed by atoms with van der Waals surface area (Å²) in [6.07, 6.45) is 5.03. The van der Waals surface area contributed by atoms with Crippen LogP contribution in [0.15, 0.2) is 64.6 Å². The molecule has 0 unspecified atom stereocenters. The molecule has 3 heterocycles. The zero-order valence-electron chi connectivity index (χ0n) is 13.7. The molecule has 26 heavy (non-hydrogen) atoms. The molecule has 0 aliphatic carbocycles. The van der Waals surface area contributed by atoms with Crippen LogP contribution in [-0.4, -0.2) is 26.1 Å². The largest absolute Gasteiger partial charge is 0.451 e. The zero-order valence-corrected chi connectivity index (χ0v) is 14.5. The second-order valence-corrected chi connectivity index (χ2v) is 6.43. The van der Waals surface area contributed by atoms with Gasteiger partial charge < -0.3 is 9.73 Å². The first-order valence-electron chi connectivity index (χ1n) is 7.98. The van der Waals surface area contributed by atoms with Gasteiger partial charge in [0.2, 0.25) is 0 Å². The number of rotatable bonds is 6. The topological polar surface area (TPSA) is 96.7 Å². The number of aromatic nitrogens is 4. The lowest BCUT2D eigenvalue weighted by atomic mass is 10.1. The molecule has 1 aromatic carbocycles. The fourth-order valence-electron chi connectivity index (χ4n) is 2.56. The van der Waals surface area contributed by atoms with Crippen LogP contribution in [0.4, 0.5) is 0 Å². The molecule has 1 amide bonds. The maximum Gasteiger partial charge on any atom is 0.287 e. The summed E-state index contributed by atoms with van der Waals surface area (Å²) in [6.45, 7) is 0.351. The molecule has 3 aromatic heterocycles. The van der Waals surface area contributed by atoms with Crippen LogP contribution in [0, 0.1) is 0 Å². The summed E-state index contributed by atoms with van der Waals surface area (Å²) < 4.78 is 5.83. The van der Waals surface area contributed by atoms with Gasteiger partial charge in [-0.15, -0.1) is 0 Å². The molecule has 4 aromatic rings. The third kappa shape index (κ3) is 3.45. The van der Waals surface area contributed by atoms with Gasteiger partial charge in [-0.25, -0.2) is 9.97 Å². The number of carbonyl (C=O) groups excluding carboxylic acids is 1. The van der Waals surface area contributed by atoms with Crippen molar-refractivity contribution >= 4 is 28.6 Å². The number of carbonyl (C=O) groups is 1. The van der Waals surface area contributed by atoms with Crippen LogP contribution >= 0.6 is 11.8 Å². The Balaban J connectivity index is 1.59. The monoisotopic (exact) mass is 365 g/mol. The molecule has 0 aliphatic rings. The van der Waals surface area contributed by atoms with E-state index in [1.165, 1.54) is 11.8 Å². The van der Waals surface area contributed by atoms with Gasteiger partial charge >= 0.3 is 0 Å². The Morgan fingerprint density at radius 1 is 1.12 bits per heavy atom. The number of nitrogens with one attached hydrogen (secondary N) is 2. The van der Waals surface area contributed by atoms with E-state index >= 15 is 0 Å². The number of benzene rings is 1. The Bertz CT molecular complexity index is 1010. The van der Waals surface area contributed by atoms with E-state index in [0.717, 1.165) is 16.6 Å². The SMILES string of the molecule is O=C(NCc1ccn[nH]1)c1oc2ccccc2c1CSc1ncccn1. The van der Waals surface area contributed by atoms with Gasteiger partial charge in [0.1, 0.15) is 5.58 Å². The number of fused-ring (bicyclic) bond motifs is 1. The van der Waals surface area contributed by atoms with Crippen molar-refractivity contribution in [2.45, 2.75) is 17.5 Å². The summed E-state index contributed by atoms with van der Waals surface area (Å²) in [5.41, 5.74) is 2.34. The van der Waals surface area contributed by atoms with Crippen LogP contribution in [0.25, 0.3) is 11.0 Å². The molecule has 7 nitrogen and oxygen atoms in total. The first-order chi connectivity index (χ1) is 12.8. The van der Waals surface area contributed by atoms with Crippen LogP contribution in [0.5, 0.6) is 0 Å². The van der Waals surface area contributed by atoms with Gasteiger partial charge in [-0.2, -0.15) is 5.10 Å². The van der Waals surface area contributed by atoms with Crippen molar-refractivity contribution in [3.63, 3.8) is 0 Å². The standard InChI is InChI=1S/C18H15N5O2S/c24-17(21-10-12-6-9-22-23-12)16-14(11-26-18-19-7-3-8-20-18)13-4-1-2-5-15(13)25-16/h1-9H,10-11H2,(H,21,24)(H,22,23). The van der Waals surface area contributed by atoms with E-state index in [9.17, 15) is 4.79 Å². The third-order valence-electron chi connectivity index (χ3n) is 3.79. The Morgan fingerprint density at radius 3 is 2.77 bits per heavy atom. The van der Waals surface area contributed by atoms with Crippen molar-refractivity contribution in [3.05, 3.63) is 72.0 Å². The van der Waals surface area contributed by atoms with Gasteiger partial charge in [0.05, 0.1) is 12.2 Å². The summed E-state index contributed by atoms with van der Waals surface area (Å²) in [4.78, 5) is 21.1. The number of aromatic amines is 1. The highest BCUT2D eigenvalue weighted by molar-refractivity contribution is 7.98. The van der Waals surface area contributed by atoms with Crippen molar-refractivity contribution in [3.8, 4) is 0 Å². The van der Waals surface area contributed by atoms with Gasteiger partial charge in [0.15, 0.2) is 10.9 Å². The molecular weight excluding hydrogens is 350 g/mol. The lowest BCUT2D eigenvalue weighted by molar-refractivity contribution is 0.0924. The third-order valence-corrected chi connectivity index (χ3v) is 4.69. The minimum atomic E-state index is -0.264. The number of hydrogen-bond acceptors (Lipinski definition) is 6. The van der Waals surface area contributed by atoms with E-state index in [4.69, 9.17) is 4.42 Å². The maximum absolute atomic E-state index is 12.7. The second kappa shape index (κ2) is 7.40. The number of para-hydroxylation sites is 1. The van der Waals surface area contributed by atoms with Gasteiger partial charge in [-0.1, -0.05) is 30.0 Å². The normalized spacial score (nSPS) is 10.9. The summed E-state index contributed by atoms with van der Waals surface area (Å²) in [5, 5.41) is 11.1. The highest BCUT2D eigenvalue weighted by Gasteiger charge is 2.20. The maximum atomic E-state index is 12.7. The van der Waals surface area contributed by atoms with Gasteiger partial charge in [-0.3, -0.25) is 9.89 Å². The summed E-state index contributed by atoms with van der Waals surface area (Å²) in [7, 11) is 0. The Morgan fingerprint density at radius 2 is 1.96 bits per heavy atom. The molecular formula is C18H15N5O2S. The van der Waals surface area contributed by atoms with Gasteiger partial charge in [0.25, 0.3) is 5.91 Å². The number of amides is 1. The average Bonchev–Trinajstić information content (AvgIpc) is 3.33. The summed E-state index contributed by atoms with van der Waals surface area (Å²) in [5.74, 6) is 0.586. The van der Waals surface area contributed by atoms with E-state index in [2.05, 4.69) is 25.5 Å². The van der Waals surface area contributed by atoms with E-state index in [1.807, 2.05) is 30.3 Å². The first-order valence-corrected chi connectivity index (χ1v) is 8.96. The van der Waals surface area contributed by atoms with Crippen molar-refractivity contribution in [1.82, 2.24) is 25.5 Å².